The minimum atomic E-state index is -1.07. The highest BCUT2D eigenvalue weighted by Gasteiger charge is 2.05. The zero-order valence-corrected chi connectivity index (χ0v) is 12.5. The van der Waals surface area contributed by atoms with Gasteiger partial charge in [0.1, 0.15) is 12.1 Å². The van der Waals surface area contributed by atoms with Gasteiger partial charge in [-0.1, -0.05) is 24.3 Å². The lowest BCUT2D eigenvalue weighted by Crippen LogP contribution is -2.17. The van der Waals surface area contributed by atoms with Crippen molar-refractivity contribution >= 4 is 23.1 Å². The minimum Gasteiger partial charge on any atom is -0.481 e. The molecule has 0 spiro atoms. The van der Waals surface area contributed by atoms with Crippen molar-refractivity contribution in [2.45, 2.75) is 0 Å². The quantitative estimate of drug-likeness (QED) is 0.722. The van der Waals surface area contributed by atoms with Crippen molar-refractivity contribution in [3.63, 3.8) is 0 Å². The predicted octanol–water partition coefficient (Wildman–Crippen LogP) is 1.74. The molecule has 7 heteroatoms. The Kier molecular flexibility index (Phi) is 4.33. The summed E-state index contributed by atoms with van der Waals surface area (Å²) < 4.78 is 6.32. The van der Waals surface area contributed by atoms with Crippen molar-refractivity contribution in [2.24, 2.45) is 5.10 Å². The summed E-state index contributed by atoms with van der Waals surface area (Å²) in [5.74, 6) is -0.706. The summed E-state index contributed by atoms with van der Waals surface area (Å²) in [6, 6.07) is 13.8. The van der Waals surface area contributed by atoms with Gasteiger partial charge in [0.25, 0.3) is 5.56 Å². The van der Waals surface area contributed by atoms with Crippen LogP contribution in [0.1, 0.15) is 5.56 Å². The number of hydrogen-bond acceptors (Lipinski definition) is 5. The second-order valence-electron chi connectivity index (χ2n) is 4.88. The van der Waals surface area contributed by atoms with E-state index in [0.29, 0.717) is 22.2 Å². The Bertz CT molecular complexity index is 979. The average molecular weight is 323 g/mol. The van der Waals surface area contributed by atoms with Crippen LogP contribution in [0.25, 0.3) is 10.9 Å². The van der Waals surface area contributed by atoms with Crippen LogP contribution in [0, 0.1) is 0 Å². The van der Waals surface area contributed by atoms with Gasteiger partial charge in [0.2, 0.25) is 0 Å². The van der Waals surface area contributed by atoms with E-state index in [-0.39, 0.29) is 5.56 Å². The van der Waals surface area contributed by atoms with Gasteiger partial charge in [0, 0.05) is 5.56 Å². The monoisotopic (exact) mass is 323 g/mol. The molecule has 1 N–H and O–H groups in total. The molecule has 0 saturated carbocycles. The van der Waals surface area contributed by atoms with Gasteiger partial charge >= 0.3 is 5.97 Å². The van der Waals surface area contributed by atoms with E-state index in [9.17, 15) is 9.59 Å². The van der Waals surface area contributed by atoms with E-state index in [1.807, 2.05) is 0 Å². The number of aliphatic carboxylic acids is 1. The number of fused-ring (bicyclic) bond motifs is 1. The molecule has 3 rings (SSSR count). The molecule has 0 radical (unpaired) electrons. The van der Waals surface area contributed by atoms with Crippen LogP contribution in [0.5, 0.6) is 5.75 Å². The zero-order valence-electron chi connectivity index (χ0n) is 12.5. The topological polar surface area (TPSA) is 93.8 Å². The molecule has 0 saturated heterocycles. The summed E-state index contributed by atoms with van der Waals surface area (Å²) in [5.41, 5.74) is 0.860. The fourth-order valence-electron chi connectivity index (χ4n) is 2.12. The molecule has 2 aromatic carbocycles. The molecule has 3 aromatic rings. The largest absolute Gasteiger partial charge is 0.481 e. The molecule has 0 fully saturated rings. The first-order valence-electron chi connectivity index (χ1n) is 7.09. The second-order valence-corrected chi connectivity index (χ2v) is 4.88. The van der Waals surface area contributed by atoms with Gasteiger partial charge in [-0.2, -0.15) is 9.78 Å². The fraction of sp³-hybridized carbons (Fsp3) is 0.0588. The lowest BCUT2D eigenvalue weighted by molar-refractivity contribution is -0.139. The first kappa shape index (κ1) is 15.4. The van der Waals surface area contributed by atoms with Gasteiger partial charge in [-0.15, -0.1) is 0 Å². The second kappa shape index (κ2) is 6.74. The van der Waals surface area contributed by atoms with E-state index >= 15 is 0 Å². The number of carboxylic acid groups (broad SMARTS) is 1. The first-order chi connectivity index (χ1) is 11.6. The molecule has 24 heavy (non-hydrogen) atoms. The van der Waals surface area contributed by atoms with Crippen molar-refractivity contribution in [1.29, 1.82) is 0 Å². The maximum atomic E-state index is 12.3. The average Bonchev–Trinajstić information content (AvgIpc) is 2.60. The van der Waals surface area contributed by atoms with Crippen molar-refractivity contribution in [2.75, 3.05) is 6.61 Å². The Morgan fingerprint density at radius 3 is 2.79 bits per heavy atom. The van der Waals surface area contributed by atoms with Crippen molar-refractivity contribution < 1.29 is 14.6 Å². The van der Waals surface area contributed by atoms with Crippen LogP contribution in [-0.2, 0) is 4.79 Å². The van der Waals surface area contributed by atoms with E-state index < -0.39 is 12.6 Å². The van der Waals surface area contributed by atoms with Crippen LogP contribution in [-0.4, -0.2) is 33.6 Å². The predicted molar refractivity (Wildman–Crippen MR) is 88.6 cm³/mol. The lowest BCUT2D eigenvalue weighted by atomic mass is 10.2. The molecule has 0 aliphatic heterocycles. The van der Waals surface area contributed by atoms with Crippen LogP contribution in [0.2, 0.25) is 0 Å². The molecule has 0 bridgehead atoms. The molecule has 0 unspecified atom stereocenters. The molecule has 0 atom stereocenters. The van der Waals surface area contributed by atoms with Crippen molar-refractivity contribution in [1.82, 2.24) is 9.66 Å². The molecule has 1 heterocycles. The number of benzene rings is 2. The van der Waals surface area contributed by atoms with E-state index in [0.717, 1.165) is 4.68 Å². The molecule has 1 aromatic heterocycles. The molecule has 7 nitrogen and oxygen atoms in total. The van der Waals surface area contributed by atoms with Crippen LogP contribution in [0.4, 0.5) is 0 Å². The third-order valence-electron chi connectivity index (χ3n) is 3.24. The fourth-order valence-corrected chi connectivity index (χ4v) is 2.12. The Morgan fingerprint density at radius 1 is 1.21 bits per heavy atom. The van der Waals surface area contributed by atoms with Gasteiger partial charge in [-0.25, -0.2) is 9.78 Å². The number of carboxylic acids is 1. The summed E-state index contributed by atoms with van der Waals surface area (Å²) in [6.45, 7) is -0.456. The number of ether oxygens (including phenoxy) is 1. The van der Waals surface area contributed by atoms with Crippen molar-refractivity contribution in [3.8, 4) is 5.75 Å². The highest BCUT2D eigenvalue weighted by Crippen LogP contribution is 2.15. The summed E-state index contributed by atoms with van der Waals surface area (Å²) in [5, 5.41) is 13.3. The van der Waals surface area contributed by atoms with E-state index in [4.69, 9.17) is 9.84 Å². The molecule has 120 valence electrons. The third-order valence-corrected chi connectivity index (χ3v) is 3.24. The van der Waals surface area contributed by atoms with E-state index in [2.05, 4.69) is 10.1 Å². The third kappa shape index (κ3) is 3.30. The lowest BCUT2D eigenvalue weighted by Gasteiger charge is -2.06. The van der Waals surface area contributed by atoms with Crippen molar-refractivity contribution in [3.05, 3.63) is 70.8 Å². The van der Waals surface area contributed by atoms with Crippen LogP contribution in [0.15, 0.2) is 64.8 Å². The SMILES string of the molecule is O=C(O)COc1ccccc1C=Nn1cnc2ccccc2c1=O. The highest BCUT2D eigenvalue weighted by molar-refractivity contribution is 5.84. The van der Waals surface area contributed by atoms with Gasteiger partial charge < -0.3 is 9.84 Å². The Morgan fingerprint density at radius 2 is 1.96 bits per heavy atom. The van der Waals surface area contributed by atoms with E-state index in [1.165, 1.54) is 12.5 Å². The number of aromatic nitrogens is 2. The normalized spacial score (nSPS) is 11.0. The summed E-state index contributed by atoms with van der Waals surface area (Å²) in [7, 11) is 0. The standard InChI is InChI=1S/C17H13N3O4/c21-16(22)10-24-15-8-4-1-5-12(15)9-19-20-11-18-14-7-3-2-6-13(14)17(20)23/h1-9,11H,10H2,(H,21,22). The number of nitrogens with zero attached hydrogens (tertiary/aromatic N) is 3. The van der Waals surface area contributed by atoms with Crippen LogP contribution >= 0.6 is 0 Å². The number of para-hydroxylation sites is 2. The van der Waals surface area contributed by atoms with Gasteiger partial charge in [0.15, 0.2) is 6.61 Å². The maximum Gasteiger partial charge on any atom is 0.341 e. The minimum absolute atomic E-state index is 0.291. The number of carbonyl (C=O) groups is 1. The molecule has 0 aliphatic carbocycles. The summed E-state index contributed by atoms with van der Waals surface area (Å²) >= 11 is 0. The first-order valence-corrected chi connectivity index (χ1v) is 7.09. The van der Waals surface area contributed by atoms with Gasteiger partial charge in [-0.3, -0.25) is 4.79 Å². The molecular weight excluding hydrogens is 310 g/mol. The molecule has 0 aliphatic rings. The van der Waals surface area contributed by atoms with Crippen LogP contribution < -0.4 is 10.3 Å². The van der Waals surface area contributed by atoms with E-state index in [1.54, 1.807) is 48.5 Å². The highest BCUT2D eigenvalue weighted by atomic mass is 16.5. The molecule has 0 amide bonds. The number of rotatable bonds is 5. The molecular formula is C17H13N3O4. The van der Waals surface area contributed by atoms with Crippen LogP contribution in [0.3, 0.4) is 0 Å². The number of hydrogen-bond donors (Lipinski definition) is 1. The van der Waals surface area contributed by atoms with Gasteiger partial charge in [0.05, 0.1) is 17.1 Å². The summed E-state index contributed by atoms with van der Waals surface area (Å²) in [4.78, 5) is 27.1. The Balaban J connectivity index is 1.93. The Labute approximate surface area is 136 Å². The maximum absolute atomic E-state index is 12.3. The smallest absolute Gasteiger partial charge is 0.341 e. The van der Waals surface area contributed by atoms with Gasteiger partial charge in [-0.05, 0) is 24.3 Å². The summed E-state index contributed by atoms with van der Waals surface area (Å²) in [6.07, 6.45) is 2.76. The zero-order chi connectivity index (χ0) is 16.9. The Hall–Kier alpha value is -3.48.